The fourth-order valence-corrected chi connectivity index (χ4v) is 5.37. The van der Waals surface area contributed by atoms with Gasteiger partial charge in [-0.25, -0.2) is 0 Å². The van der Waals surface area contributed by atoms with E-state index in [1.807, 2.05) is 25.2 Å². The standard InChI is InChI=1S/C25H30F3N7O3/c1-23(2,3)19(31-22(38)25(26,27)28)21(37)34-12-14-17(24(14,4)5)18(34)20(36)30-13(10-29)11-35-32-15-8-6-7-9-16(15)33-35/h6-9,13-14,17-19H,11-12H2,1-5H3,(H,30,36)(H,31,38)/t13-,14+,17-,18+,19-/m1/s1. The van der Waals surface area contributed by atoms with Crippen molar-refractivity contribution in [2.24, 2.45) is 22.7 Å². The molecule has 38 heavy (non-hydrogen) atoms. The number of rotatable bonds is 6. The summed E-state index contributed by atoms with van der Waals surface area (Å²) >= 11 is 0. The number of nitrogens with one attached hydrogen (secondary N) is 2. The van der Waals surface area contributed by atoms with Crippen LogP contribution in [0.15, 0.2) is 24.3 Å². The summed E-state index contributed by atoms with van der Waals surface area (Å²) in [6.07, 6.45) is -5.17. The molecule has 1 aromatic heterocycles. The van der Waals surface area contributed by atoms with Gasteiger partial charge in [0.25, 0.3) is 0 Å². The second-order valence-electron chi connectivity index (χ2n) is 11.6. The van der Waals surface area contributed by atoms with E-state index in [-0.39, 0.29) is 30.3 Å². The van der Waals surface area contributed by atoms with E-state index < -0.39 is 47.4 Å². The summed E-state index contributed by atoms with van der Waals surface area (Å²) in [6, 6.07) is 5.60. The van der Waals surface area contributed by atoms with Gasteiger partial charge < -0.3 is 15.5 Å². The van der Waals surface area contributed by atoms with Crippen LogP contribution < -0.4 is 10.6 Å². The predicted molar refractivity (Wildman–Crippen MR) is 129 cm³/mol. The first kappa shape index (κ1) is 27.3. The van der Waals surface area contributed by atoms with Crippen LogP contribution in [-0.4, -0.2) is 68.5 Å². The Morgan fingerprint density at radius 2 is 1.71 bits per heavy atom. The zero-order valence-electron chi connectivity index (χ0n) is 21.7. The Labute approximate surface area is 217 Å². The maximum atomic E-state index is 13.6. The molecule has 1 aliphatic carbocycles. The number of carbonyl (C=O) groups excluding carboxylic acids is 3. The molecule has 0 spiro atoms. The molecular formula is C25H30F3N7O3. The summed E-state index contributed by atoms with van der Waals surface area (Å²) in [5, 5.41) is 22.8. The SMILES string of the molecule is CC(C)(C)[C@H](NC(=O)C(F)(F)F)C(=O)N1C[C@H]2[C@H]([C@H]1C(=O)N[C@H](C#N)Cn1nc3ccccc3n1)C2(C)C. The van der Waals surface area contributed by atoms with Crippen molar-refractivity contribution < 1.29 is 27.6 Å². The van der Waals surface area contributed by atoms with Gasteiger partial charge in [0.05, 0.1) is 12.6 Å². The van der Waals surface area contributed by atoms with Crippen LogP contribution in [0.1, 0.15) is 34.6 Å². The Kier molecular flexibility index (Phi) is 6.66. The van der Waals surface area contributed by atoms with Gasteiger partial charge in [0.15, 0.2) is 0 Å². The highest BCUT2D eigenvalue weighted by molar-refractivity contribution is 5.95. The first-order valence-electron chi connectivity index (χ1n) is 12.2. The number of nitrogens with zero attached hydrogens (tertiary/aromatic N) is 5. The van der Waals surface area contributed by atoms with E-state index in [2.05, 4.69) is 15.5 Å². The lowest BCUT2D eigenvalue weighted by Crippen LogP contribution is -2.61. The van der Waals surface area contributed by atoms with Crippen molar-refractivity contribution in [3.8, 4) is 6.07 Å². The van der Waals surface area contributed by atoms with E-state index in [4.69, 9.17) is 0 Å². The molecule has 2 fully saturated rings. The number of halogens is 3. The second kappa shape index (κ2) is 9.25. The summed E-state index contributed by atoms with van der Waals surface area (Å²) in [7, 11) is 0. The van der Waals surface area contributed by atoms with Gasteiger partial charge in [-0.3, -0.25) is 14.4 Å². The van der Waals surface area contributed by atoms with Crippen molar-refractivity contribution in [3.63, 3.8) is 0 Å². The van der Waals surface area contributed by atoms with Crippen LogP contribution in [0.25, 0.3) is 11.0 Å². The highest BCUT2D eigenvalue weighted by atomic mass is 19.4. The number of piperidine rings is 1. The van der Waals surface area contributed by atoms with Gasteiger partial charge in [-0.05, 0) is 34.8 Å². The number of fused-ring (bicyclic) bond motifs is 2. The maximum Gasteiger partial charge on any atom is 0.471 e. The average Bonchev–Trinajstić information content (AvgIpc) is 3.18. The minimum Gasteiger partial charge on any atom is -0.337 e. The molecule has 2 aliphatic rings. The van der Waals surface area contributed by atoms with E-state index in [1.54, 1.807) is 24.3 Å². The molecule has 1 aromatic carbocycles. The van der Waals surface area contributed by atoms with Gasteiger partial charge in [-0.2, -0.15) is 33.4 Å². The minimum atomic E-state index is -5.17. The molecular weight excluding hydrogens is 503 g/mol. The molecule has 0 unspecified atom stereocenters. The Morgan fingerprint density at radius 3 is 2.21 bits per heavy atom. The number of carbonyl (C=O) groups is 3. The summed E-state index contributed by atoms with van der Waals surface area (Å²) in [5.74, 6) is -3.86. The van der Waals surface area contributed by atoms with Crippen LogP contribution in [0.4, 0.5) is 13.2 Å². The molecule has 1 aliphatic heterocycles. The van der Waals surface area contributed by atoms with Crippen LogP contribution in [0.2, 0.25) is 0 Å². The Hall–Kier alpha value is -3.69. The monoisotopic (exact) mass is 533 g/mol. The molecule has 5 atom stereocenters. The van der Waals surface area contributed by atoms with Crippen LogP contribution >= 0.6 is 0 Å². The van der Waals surface area contributed by atoms with E-state index in [9.17, 15) is 32.8 Å². The lowest BCUT2D eigenvalue weighted by Gasteiger charge is -2.37. The Morgan fingerprint density at radius 1 is 1.13 bits per heavy atom. The predicted octanol–water partition coefficient (Wildman–Crippen LogP) is 2.02. The largest absolute Gasteiger partial charge is 0.471 e. The molecule has 13 heteroatoms. The topological polar surface area (TPSA) is 133 Å². The normalized spacial score (nSPS) is 23.8. The number of alkyl halides is 3. The summed E-state index contributed by atoms with van der Waals surface area (Å²) < 4.78 is 39.0. The molecule has 2 N–H and O–H groups in total. The lowest BCUT2D eigenvalue weighted by molar-refractivity contribution is -0.176. The number of hydrogen-bond acceptors (Lipinski definition) is 6. The zero-order valence-corrected chi connectivity index (χ0v) is 21.7. The van der Waals surface area contributed by atoms with E-state index in [1.165, 1.54) is 30.5 Å². The number of hydrogen-bond donors (Lipinski definition) is 2. The molecule has 0 bridgehead atoms. The van der Waals surface area contributed by atoms with Crippen molar-refractivity contribution in [2.45, 2.75) is 65.5 Å². The van der Waals surface area contributed by atoms with Gasteiger partial charge in [-0.1, -0.05) is 46.8 Å². The fourth-order valence-electron chi connectivity index (χ4n) is 5.37. The van der Waals surface area contributed by atoms with E-state index in [0.29, 0.717) is 11.0 Å². The van der Waals surface area contributed by atoms with Crippen molar-refractivity contribution >= 4 is 28.8 Å². The average molecular weight is 534 g/mol. The lowest BCUT2D eigenvalue weighted by atomic mass is 9.85. The minimum absolute atomic E-state index is 0.0403. The van der Waals surface area contributed by atoms with Gasteiger partial charge in [-0.15, -0.1) is 0 Å². The zero-order chi connectivity index (χ0) is 28.2. The summed E-state index contributed by atoms with van der Waals surface area (Å²) in [6.45, 7) is 8.64. The first-order valence-corrected chi connectivity index (χ1v) is 12.2. The van der Waals surface area contributed by atoms with Crippen molar-refractivity contribution in [1.29, 1.82) is 5.26 Å². The number of likely N-dealkylation sites (tertiary alicyclic amines) is 1. The summed E-state index contributed by atoms with van der Waals surface area (Å²) in [4.78, 5) is 41.3. The van der Waals surface area contributed by atoms with E-state index >= 15 is 0 Å². The molecule has 1 saturated carbocycles. The third kappa shape index (κ3) is 5.04. The van der Waals surface area contributed by atoms with Crippen LogP contribution in [0.3, 0.4) is 0 Å². The highest BCUT2D eigenvalue weighted by Gasteiger charge is 2.70. The number of benzene rings is 1. The molecule has 3 amide bonds. The summed E-state index contributed by atoms with van der Waals surface area (Å²) in [5.41, 5.74) is -0.0848. The third-order valence-corrected chi connectivity index (χ3v) is 7.55. The van der Waals surface area contributed by atoms with Gasteiger partial charge in [0, 0.05) is 6.54 Å². The van der Waals surface area contributed by atoms with Crippen LogP contribution in [0, 0.1) is 34.0 Å². The van der Waals surface area contributed by atoms with Crippen molar-refractivity contribution in [1.82, 2.24) is 30.5 Å². The smallest absolute Gasteiger partial charge is 0.337 e. The van der Waals surface area contributed by atoms with Gasteiger partial charge >= 0.3 is 12.1 Å². The molecule has 1 saturated heterocycles. The second-order valence-corrected chi connectivity index (χ2v) is 11.6. The Bertz CT molecular complexity index is 1270. The quantitative estimate of drug-likeness (QED) is 0.584. The van der Waals surface area contributed by atoms with E-state index in [0.717, 1.165) is 0 Å². The molecule has 4 rings (SSSR count). The third-order valence-electron chi connectivity index (χ3n) is 7.55. The van der Waals surface area contributed by atoms with Crippen molar-refractivity contribution in [3.05, 3.63) is 24.3 Å². The van der Waals surface area contributed by atoms with Crippen molar-refractivity contribution in [2.75, 3.05) is 6.54 Å². The van der Waals surface area contributed by atoms with Gasteiger partial charge in [0.2, 0.25) is 11.8 Å². The molecule has 2 aromatic rings. The van der Waals surface area contributed by atoms with Gasteiger partial charge in [0.1, 0.15) is 29.2 Å². The van der Waals surface area contributed by atoms with Crippen LogP contribution in [0.5, 0.6) is 0 Å². The maximum absolute atomic E-state index is 13.6. The van der Waals surface area contributed by atoms with Crippen LogP contribution in [-0.2, 0) is 20.9 Å². The fraction of sp³-hybridized carbons (Fsp3) is 0.600. The number of aromatic nitrogens is 3. The highest BCUT2D eigenvalue weighted by Crippen LogP contribution is 2.65. The first-order chi connectivity index (χ1) is 17.6. The number of nitriles is 1. The Balaban J connectivity index is 1.54. The number of amides is 3. The molecule has 0 radical (unpaired) electrons. The molecule has 10 nitrogen and oxygen atoms in total. The molecule has 2 heterocycles. The molecule has 204 valence electrons.